The monoisotopic (exact) mass is 477 g/mol. The van der Waals surface area contributed by atoms with Gasteiger partial charge in [0.15, 0.2) is 0 Å². The highest BCUT2D eigenvalue weighted by molar-refractivity contribution is 5.85. The predicted molar refractivity (Wildman–Crippen MR) is 135 cm³/mol. The molecule has 4 rings (SSSR count). The number of carbonyl (C=O) groups is 1. The van der Waals surface area contributed by atoms with Crippen molar-refractivity contribution < 1.29 is 19.0 Å². The average molecular weight is 478 g/mol. The molecule has 1 saturated heterocycles. The molecule has 6 heteroatoms. The van der Waals surface area contributed by atoms with E-state index < -0.39 is 0 Å². The Morgan fingerprint density at radius 3 is 2.67 bits per heavy atom. The number of halogens is 1. The van der Waals surface area contributed by atoms with Crippen molar-refractivity contribution in [2.45, 2.75) is 84.2 Å². The van der Waals surface area contributed by atoms with Gasteiger partial charge in [-0.1, -0.05) is 19.8 Å². The molecule has 1 fully saturated rings. The van der Waals surface area contributed by atoms with Crippen LogP contribution in [0.15, 0.2) is 17.7 Å². The molecule has 1 aliphatic carbocycles. The van der Waals surface area contributed by atoms with E-state index in [-0.39, 0.29) is 24.0 Å². The van der Waals surface area contributed by atoms with Gasteiger partial charge in [0.2, 0.25) is 0 Å². The molecule has 0 unspecified atom stereocenters. The minimum absolute atomic E-state index is 0. The van der Waals surface area contributed by atoms with Crippen LogP contribution in [0.2, 0.25) is 0 Å². The third kappa shape index (κ3) is 6.32. The summed E-state index contributed by atoms with van der Waals surface area (Å²) < 4.78 is 17.9. The Morgan fingerprint density at radius 2 is 1.91 bits per heavy atom. The van der Waals surface area contributed by atoms with Gasteiger partial charge in [0, 0.05) is 19.5 Å². The van der Waals surface area contributed by atoms with Crippen LogP contribution in [0.4, 0.5) is 0 Å². The normalized spacial score (nSPS) is 19.4. The molecule has 5 nitrogen and oxygen atoms in total. The molecule has 0 radical (unpaired) electrons. The lowest BCUT2D eigenvalue weighted by Gasteiger charge is -2.35. The maximum Gasteiger partial charge on any atom is 0.311 e. The minimum Gasteiger partial charge on any atom is -0.483 e. The largest absolute Gasteiger partial charge is 0.483 e. The molecule has 33 heavy (non-hydrogen) atoms. The fraction of sp³-hybridized carbons (Fsp3) is 0.667. The number of nitrogens with zero attached hydrogens (tertiary/aromatic N) is 1. The van der Waals surface area contributed by atoms with Gasteiger partial charge >= 0.3 is 5.97 Å². The first-order valence-electron chi connectivity index (χ1n) is 12.6. The summed E-state index contributed by atoms with van der Waals surface area (Å²) in [5.41, 5.74) is 4.64. The number of unbranched alkanes of at least 4 members (excludes halogenated alkanes) is 2. The summed E-state index contributed by atoms with van der Waals surface area (Å²) in [5.74, 6) is 1.45. The molecule has 0 spiro atoms. The summed E-state index contributed by atoms with van der Waals surface area (Å²) in [7, 11) is 0. The number of hydrogen-bond acceptors (Lipinski definition) is 5. The Kier molecular flexibility index (Phi) is 9.25. The smallest absolute Gasteiger partial charge is 0.311 e. The van der Waals surface area contributed by atoms with E-state index in [0.29, 0.717) is 12.2 Å². The Labute approximate surface area is 205 Å². The van der Waals surface area contributed by atoms with Gasteiger partial charge in [0.05, 0.1) is 18.8 Å². The van der Waals surface area contributed by atoms with Crippen LogP contribution < -0.4 is 9.47 Å². The first kappa shape index (κ1) is 26.1. The van der Waals surface area contributed by atoms with Crippen molar-refractivity contribution in [3.63, 3.8) is 0 Å². The first-order valence-corrected chi connectivity index (χ1v) is 12.6. The quantitative estimate of drug-likeness (QED) is 0.249. The number of rotatable bonds is 9. The summed E-state index contributed by atoms with van der Waals surface area (Å²) in [4.78, 5) is 15.2. The van der Waals surface area contributed by atoms with Crippen LogP contribution in [0.5, 0.6) is 11.5 Å². The number of benzene rings is 1. The fourth-order valence-electron chi connectivity index (χ4n) is 5.29. The molecule has 0 aromatic heterocycles. The lowest BCUT2D eigenvalue weighted by atomic mass is 9.86. The van der Waals surface area contributed by atoms with Gasteiger partial charge in [0.25, 0.3) is 0 Å². The molecule has 1 aromatic rings. The number of morpholine rings is 1. The molecule has 0 atom stereocenters. The van der Waals surface area contributed by atoms with Crippen molar-refractivity contribution in [1.82, 2.24) is 4.90 Å². The second kappa shape index (κ2) is 11.7. The highest BCUT2D eigenvalue weighted by Gasteiger charge is 2.39. The van der Waals surface area contributed by atoms with Crippen LogP contribution in [-0.2, 0) is 16.0 Å². The van der Waals surface area contributed by atoms with Crippen LogP contribution in [-0.4, -0.2) is 49.3 Å². The highest BCUT2D eigenvalue weighted by atomic mass is 35.5. The van der Waals surface area contributed by atoms with Gasteiger partial charge in [0.1, 0.15) is 17.1 Å². The maximum atomic E-state index is 12.8. The van der Waals surface area contributed by atoms with E-state index in [0.717, 1.165) is 82.7 Å². The number of ether oxygens (including phenoxy) is 3. The first-order chi connectivity index (χ1) is 15.5. The van der Waals surface area contributed by atoms with Gasteiger partial charge in [-0.15, -0.1) is 12.4 Å². The Hall–Kier alpha value is -1.56. The zero-order valence-corrected chi connectivity index (χ0v) is 21.4. The molecule has 184 valence electrons. The van der Waals surface area contributed by atoms with Crippen LogP contribution in [0.3, 0.4) is 0 Å². The molecule has 0 saturated carbocycles. The number of carbonyl (C=O) groups excluding carboxylic acids is 1. The summed E-state index contributed by atoms with van der Waals surface area (Å²) in [6, 6.07) is 4.28. The average Bonchev–Trinajstić information content (AvgIpc) is 3.25. The lowest BCUT2D eigenvalue weighted by Crippen LogP contribution is -2.37. The maximum absolute atomic E-state index is 12.8. The van der Waals surface area contributed by atoms with Gasteiger partial charge < -0.3 is 14.2 Å². The number of aryl methyl sites for hydroxylation is 1. The standard InChI is InChI=1S/C27H39NO4.ClH/c1-4-5-6-9-20-18-23(31-25(29)12-8-13-28-14-16-30-17-15-28)26-21-10-7-11-22(21)27(2,3)32-24(26)19-20;/h18-19H,4-17H2,1-3H3;1H. The van der Waals surface area contributed by atoms with Gasteiger partial charge in [-0.05, 0) is 87.8 Å². The molecule has 2 heterocycles. The van der Waals surface area contributed by atoms with Crippen molar-refractivity contribution in [3.8, 4) is 11.5 Å². The molecule has 1 aromatic carbocycles. The summed E-state index contributed by atoms with van der Waals surface area (Å²) in [5, 5.41) is 0. The van der Waals surface area contributed by atoms with E-state index >= 15 is 0 Å². The second-order valence-electron chi connectivity index (χ2n) is 9.88. The molecule has 0 bridgehead atoms. The fourth-order valence-corrected chi connectivity index (χ4v) is 5.29. The number of hydrogen-bond donors (Lipinski definition) is 0. The van der Waals surface area contributed by atoms with E-state index in [9.17, 15) is 4.79 Å². The highest BCUT2D eigenvalue weighted by Crippen LogP contribution is 2.52. The topological polar surface area (TPSA) is 48.0 Å². The second-order valence-corrected chi connectivity index (χ2v) is 9.88. The molecule has 3 aliphatic rings. The van der Waals surface area contributed by atoms with E-state index in [2.05, 4.69) is 37.8 Å². The van der Waals surface area contributed by atoms with E-state index in [4.69, 9.17) is 14.2 Å². The molecular weight excluding hydrogens is 438 g/mol. The Bertz CT molecular complexity index is 858. The van der Waals surface area contributed by atoms with E-state index in [1.54, 1.807) is 0 Å². The van der Waals surface area contributed by atoms with Crippen LogP contribution in [0.1, 0.15) is 83.3 Å². The van der Waals surface area contributed by atoms with Crippen molar-refractivity contribution in [2.75, 3.05) is 32.8 Å². The molecule has 0 N–H and O–H groups in total. The van der Waals surface area contributed by atoms with Crippen molar-refractivity contribution in [2.24, 2.45) is 0 Å². The van der Waals surface area contributed by atoms with Crippen molar-refractivity contribution >= 4 is 23.9 Å². The Balaban J connectivity index is 0.00000306. The van der Waals surface area contributed by atoms with E-state index in [1.807, 2.05) is 0 Å². The zero-order chi connectivity index (χ0) is 22.6. The third-order valence-electron chi connectivity index (χ3n) is 6.99. The summed E-state index contributed by atoms with van der Waals surface area (Å²) in [6.07, 6.45) is 9.00. The van der Waals surface area contributed by atoms with Crippen LogP contribution in [0.25, 0.3) is 5.57 Å². The van der Waals surface area contributed by atoms with Crippen LogP contribution >= 0.6 is 12.4 Å². The van der Waals surface area contributed by atoms with Crippen LogP contribution in [0, 0.1) is 0 Å². The lowest BCUT2D eigenvalue weighted by molar-refractivity contribution is -0.134. The Morgan fingerprint density at radius 1 is 1.12 bits per heavy atom. The summed E-state index contributed by atoms with van der Waals surface area (Å²) >= 11 is 0. The van der Waals surface area contributed by atoms with Gasteiger partial charge in [-0.2, -0.15) is 0 Å². The predicted octanol–water partition coefficient (Wildman–Crippen LogP) is 5.97. The number of esters is 1. The van der Waals surface area contributed by atoms with Crippen molar-refractivity contribution in [1.29, 1.82) is 0 Å². The van der Waals surface area contributed by atoms with Crippen molar-refractivity contribution in [3.05, 3.63) is 28.8 Å². The van der Waals surface area contributed by atoms with E-state index in [1.165, 1.54) is 29.6 Å². The minimum atomic E-state index is -0.291. The number of fused-ring (bicyclic) bond motifs is 2. The SMILES string of the molecule is CCCCCc1cc(OC(=O)CCCN2CCOCC2)c2c(c1)OC(C)(C)C1=C2CCC1.Cl. The zero-order valence-electron chi connectivity index (χ0n) is 20.5. The molecule has 0 amide bonds. The molecule has 2 aliphatic heterocycles. The summed E-state index contributed by atoms with van der Waals surface area (Å²) in [6.45, 7) is 10.9. The van der Waals surface area contributed by atoms with Gasteiger partial charge in [-0.25, -0.2) is 0 Å². The third-order valence-corrected chi connectivity index (χ3v) is 6.99. The molecular formula is C27H40ClNO4. The van der Waals surface area contributed by atoms with Gasteiger partial charge in [-0.3, -0.25) is 9.69 Å². The number of allylic oxidation sites excluding steroid dienone is 1.